The van der Waals surface area contributed by atoms with Gasteiger partial charge in [-0.3, -0.25) is 4.79 Å². The summed E-state index contributed by atoms with van der Waals surface area (Å²) < 4.78 is 16.7. The summed E-state index contributed by atoms with van der Waals surface area (Å²) >= 11 is 1.07. The first-order valence-corrected chi connectivity index (χ1v) is 9.83. The number of nitrogens with one attached hydrogen (secondary N) is 1. The van der Waals surface area contributed by atoms with Gasteiger partial charge < -0.3 is 24.4 Å². The molecule has 0 fully saturated rings. The predicted octanol–water partition coefficient (Wildman–Crippen LogP) is 2.55. The molecule has 0 radical (unpaired) electrons. The molecule has 0 aliphatic rings. The summed E-state index contributed by atoms with van der Waals surface area (Å²) in [5.74, 6) is 0.555. The van der Waals surface area contributed by atoms with Crippen LogP contribution in [0.1, 0.15) is 13.8 Å². The van der Waals surface area contributed by atoms with E-state index in [4.69, 9.17) is 14.0 Å². The van der Waals surface area contributed by atoms with Crippen LogP contribution in [0.3, 0.4) is 0 Å². The summed E-state index contributed by atoms with van der Waals surface area (Å²) in [5.41, 5.74) is 1.26. The Morgan fingerprint density at radius 3 is 2.48 bits per heavy atom. The van der Waals surface area contributed by atoms with Crippen molar-refractivity contribution in [1.29, 1.82) is 0 Å². The van der Waals surface area contributed by atoms with Crippen molar-refractivity contribution in [2.45, 2.75) is 24.1 Å². The van der Waals surface area contributed by atoms with Crippen molar-refractivity contribution in [3.63, 3.8) is 0 Å². The van der Waals surface area contributed by atoms with Crippen LogP contribution in [0.4, 0.5) is 5.69 Å². The van der Waals surface area contributed by atoms with Gasteiger partial charge in [0.25, 0.3) is 5.03 Å². The zero-order valence-electron chi connectivity index (χ0n) is 16.2. The van der Waals surface area contributed by atoms with Crippen molar-refractivity contribution in [2.75, 3.05) is 19.0 Å². The Kier molecular flexibility index (Phi) is 6.61. The maximum Gasteiger partial charge on any atom is 0.298 e. The maximum absolute atomic E-state index is 12.5. The fourth-order valence-electron chi connectivity index (χ4n) is 2.49. The molecule has 0 bridgehead atoms. The average Bonchev–Trinajstić information content (AvgIpc) is 3.10. The number of amides is 1. The lowest BCUT2D eigenvalue weighted by atomic mass is 10.3. The number of carbonyl (C=O) groups is 1. The number of anilines is 1. The van der Waals surface area contributed by atoms with E-state index in [1.807, 2.05) is 6.92 Å². The number of ether oxygens (including phenoxy) is 2. The summed E-state index contributed by atoms with van der Waals surface area (Å²) in [5, 5.41) is 18.4. The van der Waals surface area contributed by atoms with Crippen molar-refractivity contribution in [1.82, 2.24) is 5.27 Å². The molecule has 2 aromatic carbocycles. The summed E-state index contributed by atoms with van der Waals surface area (Å²) in [6, 6.07) is 14.1. The van der Waals surface area contributed by atoms with Gasteiger partial charge in [-0.25, -0.2) is 0 Å². The molecule has 1 N–H and O–H groups in total. The van der Waals surface area contributed by atoms with Crippen LogP contribution in [0.2, 0.25) is 0 Å². The van der Waals surface area contributed by atoms with Crippen molar-refractivity contribution in [3.05, 3.63) is 48.5 Å². The second-order valence-electron chi connectivity index (χ2n) is 5.98. The SMILES string of the molecule is CCOc1ccc(NC(=O)C(C)Sc2c([O-])on[n+]2-c2ccc(OC)cc2)cc1. The Balaban J connectivity index is 1.70. The molecular weight excluding hydrogens is 394 g/mol. The highest BCUT2D eigenvalue weighted by Gasteiger charge is 2.26. The van der Waals surface area contributed by atoms with Crippen LogP contribution < -0.4 is 24.6 Å². The number of hydrogen-bond donors (Lipinski definition) is 1. The molecule has 0 saturated carbocycles. The zero-order chi connectivity index (χ0) is 20.8. The van der Waals surface area contributed by atoms with Crippen LogP contribution in [0.5, 0.6) is 17.4 Å². The molecule has 29 heavy (non-hydrogen) atoms. The van der Waals surface area contributed by atoms with Crippen LogP contribution in [0.25, 0.3) is 5.69 Å². The number of aromatic nitrogens is 2. The normalized spacial score (nSPS) is 11.7. The molecule has 1 heterocycles. The molecular formula is C20H21N3O5S. The Morgan fingerprint density at radius 1 is 1.21 bits per heavy atom. The van der Waals surface area contributed by atoms with Gasteiger partial charge in [-0.2, -0.15) is 0 Å². The first-order chi connectivity index (χ1) is 14.0. The third kappa shape index (κ3) is 5.00. The predicted molar refractivity (Wildman–Crippen MR) is 106 cm³/mol. The number of thioether (sulfide) groups is 1. The lowest BCUT2D eigenvalue weighted by molar-refractivity contribution is -0.705. The lowest BCUT2D eigenvalue weighted by Crippen LogP contribution is -2.36. The largest absolute Gasteiger partial charge is 0.538 e. The third-order valence-electron chi connectivity index (χ3n) is 3.98. The molecule has 0 saturated heterocycles. The van der Waals surface area contributed by atoms with Crippen molar-refractivity contribution in [2.24, 2.45) is 0 Å². The van der Waals surface area contributed by atoms with E-state index in [9.17, 15) is 9.90 Å². The van der Waals surface area contributed by atoms with Gasteiger partial charge in [0.15, 0.2) is 5.95 Å². The zero-order valence-corrected chi connectivity index (χ0v) is 17.1. The molecule has 152 valence electrons. The number of hydrogen-bond acceptors (Lipinski definition) is 7. The standard InChI is InChI=1S/C20H21N3O5S/c1-4-27-17-9-5-14(6-10-17)21-18(24)13(2)29-19-20(25)28-22-23(19)15-7-11-16(26-3)12-8-15/h5-13H,4H2,1-3H3,(H-,21,22,24,25). The van der Waals surface area contributed by atoms with E-state index in [1.165, 1.54) is 4.68 Å². The molecule has 3 rings (SSSR count). The smallest absolute Gasteiger partial charge is 0.298 e. The first-order valence-electron chi connectivity index (χ1n) is 8.95. The Labute approximate surface area is 172 Å². The van der Waals surface area contributed by atoms with Gasteiger partial charge in [-0.05, 0) is 66.7 Å². The quantitative estimate of drug-likeness (QED) is 0.446. The molecule has 1 aromatic heterocycles. The van der Waals surface area contributed by atoms with E-state index in [-0.39, 0.29) is 10.9 Å². The average molecular weight is 415 g/mol. The Hall–Kier alpha value is -3.20. The summed E-state index contributed by atoms with van der Waals surface area (Å²) in [6.45, 7) is 4.19. The van der Waals surface area contributed by atoms with Crippen molar-refractivity contribution < 1.29 is 28.6 Å². The van der Waals surface area contributed by atoms with Gasteiger partial charge in [0.2, 0.25) is 11.6 Å². The Morgan fingerprint density at radius 2 is 1.86 bits per heavy atom. The fraction of sp³-hybridized carbons (Fsp3) is 0.250. The van der Waals surface area contributed by atoms with E-state index in [0.717, 1.165) is 17.5 Å². The number of carbonyl (C=O) groups excluding carboxylic acids is 1. The minimum absolute atomic E-state index is 0.213. The molecule has 0 aliphatic heterocycles. The van der Waals surface area contributed by atoms with E-state index in [2.05, 4.69) is 10.6 Å². The van der Waals surface area contributed by atoms with Gasteiger partial charge in [-0.1, -0.05) is 0 Å². The van der Waals surface area contributed by atoms with Crippen LogP contribution in [-0.2, 0) is 4.79 Å². The highest BCUT2D eigenvalue weighted by atomic mass is 32.2. The molecule has 8 nitrogen and oxygen atoms in total. The third-order valence-corrected chi connectivity index (χ3v) is 5.11. The number of methoxy groups -OCH3 is 1. The van der Waals surface area contributed by atoms with Crippen LogP contribution in [-0.4, -0.2) is 30.1 Å². The number of rotatable bonds is 8. The fourth-order valence-corrected chi connectivity index (χ4v) is 3.37. The molecule has 1 atom stereocenters. The molecule has 9 heteroatoms. The van der Waals surface area contributed by atoms with Gasteiger partial charge in [0.05, 0.1) is 24.2 Å². The van der Waals surface area contributed by atoms with Crippen LogP contribution >= 0.6 is 11.8 Å². The van der Waals surface area contributed by atoms with Crippen LogP contribution in [0.15, 0.2) is 58.1 Å². The van der Waals surface area contributed by atoms with Crippen LogP contribution in [0, 0.1) is 0 Å². The molecule has 3 aromatic rings. The van der Waals surface area contributed by atoms with Crippen molar-refractivity contribution in [3.8, 4) is 23.1 Å². The summed E-state index contributed by atoms with van der Waals surface area (Å²) in [7, 11) is 1.57. The first kappa shape index (κ1) is 20.5. The van der Waals surface area contributed by atoms with Gasteiger partial charge in [0, 0.05) is 17.8 Å². The van der Waals surface area contributed by atoms with Gasteiger partial charge in [0.1, 0.15) is 11.5 Å². The minimum Gasteiger partial charge on any atom is -0.538 e. The molecule has 0 spiro atoms. The highest BCUT2D eigenvalue weighted by molar-refractivity contribution is 8.00. The van der Waals surface area contributed by atoms with E-state index < -0.39 is 11.2 Å². The van der Waals surface area contributed by atoms with Crippen molar-refractivity contribution >= 4 is 23.4 Å². The maximum atomic E-state index is 12.5. The second-order valence-corrected chi connectivity index (χ2v) is 7.31. The molecule has 1 amide bonds. The highest BCUT2D eigenvalue weighted by Crippen LogP contribution is 2.28. The number of benzene rings is 2. The lowest BCUT2D eigenvalue weighted by Gasteiger charge is -2.11. The van der Waals surface area contributed by atoms with E-state index in [1.54, 1.807) is 62.6 Å². The van der Waals surface area contributed by atoms with Gasteiger partial charge >= 0.3 is 0 Å². The topological polar surface area (TPSA) is 101 Å². The second kappa shape index (κ2) is 9.33. The number of nitrogens with zero attached hydrogens (tertiary/aromatic N) is 2. The van der Waals surface area contributed by atoms with E-state index in [0.29, 0.717) is 23.7 Å². The molecule has 0 aliphatic carbocycles. The van der Waals surface area contributed by atoms with Gasteiger partial charge in [-0.15, -0.1) is 0 Å². The Bertz CT molecular complexity index is 957. The summed E-state index contributed by atoms with van der Waals surface area (Å²) in [4.78, 5) is 12.5. The monoisotopic (exact) mass is 415 g/mol. The minimum atomic E-state index is -0.605. The van der Waals surface area contributed by atoms with E-state index >= 15 is 0 Å². The molecule has 1 unspecified atom stereocenters. The summed E-state index contributed by atoms with van der Waals surface area (Å²) in [6.07, 6.45) is 0.